The number of nitrogen functional groups attached to an aromatic ring is 2. The molecule has 0 fully saturated rings. The first-order valence-electron chi connectivity index (χ1n) is 4.12. The van der Waals surface area contributed by atoms with Crippen LogP contribution in [-0.2, 0) is 10.9 Å². The maximum atomic E-state index is 12.6. The standard InChI is InChI=1S/C9H9F3N2O2/c1-16-8(15)4-2-6(13)7(14)3-5(4)9(10,11)12/h2-3H,13-14H2,1H3. The van der Waals surface area contributed by atoms with E-state index in [1.807, 2.05) is 0 Å². The first-order chi connectivity index (χ1) is 7.27. The number of rotatable bonds is 1. The molecule has 0 aliphatic heterocycles. The molecule has 1 rings (SSSR count). The Morgan fingerprint density at radius 1 is 1.25 bits per heavy atom. The van der Waals surface area contributed by atoms with Crippen LogP contribution < -0.4 is 11.5 Å². The van der Waals surface area contributed by atoms with Crippen molar-refractivity contribution in [1.29, 1.82) is 0 Å². The van der Waals surface area contributed by atoms with Gasteiger partial charge >= 0.3 is 12.1 Å². The average molecular weight is 234 g/mol. The van der Waals surface area contributed by atoms with E-state index >= 15 is 0 Å². The Kier molecular flexibility index (Phi) is 2.97. The summed E-state index contributed by atoms with van der Waals surface area (Å²) in [5, 5.41) is 0. The van der Waals surface area contributed by atoms with Crippen molar-refractivity contribution in [2.75, 3.05) is 18.6 Å². The fourth-order valence-corrected chi connectivity index (χ4v) is 1.15. The van der Waals surface area contributed by atoms with Gasteiger partial charge in [0.15, 0.2) is 0 Å². The number of benzene rings is 1. The molecule has 4 N–H and O–H groups in total. The van der Waals surface area contributed by atoms with Crippen LogP contribution in [0, 0.1) is 0 Å². The number of anilines is 2. The second-order valence-electron chi connectivity index (χ2n) is 3.02. The Balaban J connectivity index is 3.45. The number of methoxy groups -OCH3 is 1. The number of alkyl halides is 3. The molecule has 1 aromatic carbocycles. The topological polar surface area (TPSA) is 78.3 Å². The lowest BCUT2D eigenvalue weighted by molar-refractivity contribution is -0.138. The lowest BCUT2D eigenvalue weighted by Crippen LogP contribution is -2.15. The number of carbonyl (C=O) groups excluding carboxylic acids is 1. The van der Waals surface area contributed by atoms with Crippen LogP contribution in [0.2, 0.25) is 0 Å². The van der Waals surface area contributed by atoms with E-state index in [1.54, 1.807) is 0 Å². The van der Waals surface area contributed by atoms with Crippen molar-refractivity contribution in [1.82, 2.24) is 0 Å². The molecule has 0 radical (unpaired) electrons. The second kappa shape index (κ2) is 3.92. The number of nitrogens with two attached hydrogens (primary N) is 2. The van der Waals surface area contributed by atoms with E-state index in [0.717, 1.165) is 13.2 Å². The van der Waals surface area contributed by atoms with Gasteiger partial charge in [-0.1, -0.05) is 0 Å². The number of hydrogen-bond donors (Lipinski definition) is 2. The highest BCUT2D eigenvalue weighted by molar-refractivity contribution is 5.93. The van der Waals surface area contributed by atoms with Gasteiger partial charge in [-0.15, -0.1) is 0 Å². The number of hydrogen-bond acceptors (Lipinski definition) is 4. The summed E-state index contributed by atoms with van der Waals surface area (Å²) in [6, 6.07) is 1.46. The first-order valence-corrected chi connectivity index (χ1v) is 4.12. The van der Waals surface area contributed by atoms with Crippen LogP contribution in [0.25, 0.3) is 0 Å². The number of ether oxygens (including phenoxy) is 1. The smallest absolute Gasteiger partial charge is 0.417 e. The molecule has 16 heavy (non-hydrogen) atoms. The van der Waals surface area contributed by atoms with Gasteiger partial charge in [-0.25, -0.2) is 4.79 Å². The molecule has 0 saturated heterocycles. The molecular formula is C9H9F3N2O2. The van der Waals surface area contributed by atoms with Crippen molar-refractivity contribution >= 4 is 17.3 Å². The molecule has 0 spiro atoms. The third-order valence-corrected chi connectivity index (χ3v) is 1.93. The van der Waals surface area contributed by atoms with Crippen molar-refractivity contribution in [3.05, 3.63) is 23.3 Å². The third-order valence-electron chi connectivity index (χ3n) is 1.93. The Hall–Kier alpha value is -1.92. The van der Waals surface area contributed by atoms with E-state index in [4.69, 9.17) is 11.5 Å². The van der Waals surface area contributed by atoms with Crippen LogP contribution in [0.1, 0.15) is 15.9 Å². The number of halogens is 3. The van der Waals surface area contributed by atoms with Gasteiger partial charge in [-0.05, 0) is 12.1 Å². The summed E-state index contributed by atoms with van der Waals surface area (Å²) in [4.78, 5) is 11.1. The van der Waals surface area contributed by atoms with E-state index in [0.29, 0.717) is 6.07 Å². The SMILES string of the molecule is COC(=O)c1cc(N)c(N)cc1C(F)(F)F. The fraction of sp³-hybridized carbons (Fsp3) is 0.222. The van der Waals surface area contributed by atoms with Crippen molar-refractivity contribution in [2.24, 2.45) is 0 Å². The third kappa shape index (κ3) is 2.18. The van der Waals surface area contributed by atoms with Crippen LogP contribution in [0.3, 0.4) is 0 Å². The molecule has 88 valence electrons. The second-order valence-corrected chi connectivity index (χ2v) is 3.02. The summed E-state index contributed by atoms with van der Waals surface area (Å²) in [6.45, 7) is 0. The molecule has 0 aliphatic carbocycles. The zero-order valence-electron chi connectivity index (χ0n) is 8.26. The molecule has 0 atom stereocenters. The van der Waals surface area contributed by atoms with E-state index in [-0.39, 0.29) is 11.4 Å². The van der Waals surface area contributed by atoms with E-state index < -0.39 is 23.3 Å². The molecule has 0 heterocycles. The minimum absolute atomic E-state index is 0.103. The summed E-state index contributed by atoms with van der Waals surface area (Å²) >= 11 is 0. The van der Waals surface area contributed by atoms with Crippen LogP contribution in [0.15, 0.2) is 12.1 Å². The molecule has 0 saturated carbocycles. The van der Waals surface area contributed by atoms with Gasteiger partial charge in [0.05, 0.1) is 29.6 Å². The Morgan fingerprint density at radius 2 is 1.75 bits per heavy atom. The Morgan fingerprint density at radius 3 is 2.19 bits per heavy atom. The van der Waals surface area contributed by atoms with Gasteiger partial charge in [0, 0.05) is 0 Å². The molecule has 0 aromatic heterocycles. The van der Waals surface area contributed by atoms with Crippen LogP contribution in [0.4, 0.5) is 24.5 Å². The molecule has 0 aliphatic rings. The molecule has 0 amide bonds. The van der Waals surface area contributed by atoms with E-state index in [2.05, 4.69) is 4.74 Å². The van der Waals surface area contributed by atoms with Crippen LogP contribution in [0.5, 0.6) is 0 Å². The molecule has 7 heteroatoms. The molecule has 0 unspecified atom stereocenters. The van der Waals surface area contributed by atoms with Gasteiger partial charge in [0.25, 0.3) is 0 Å². The molecular weight excluding hydrogens is 225 g/mol. The number of esters is 1. The van der Waals surface area contributed by atoms with Crippen molar-refractivity contribution in [3.63, 3.8) is 0 Å². The zero-order valence-corrected chi connectivity index (χ0v) is 8.26. The summed E-state index contributed by atoms with van der Waals surface area (Å²) in [6.07, 6.45) is -4.69. The zero-order chi connectivity index (χ0) is 12.5. The van der Waals surface area contributed by atoms with Crippen molar-refractivity contribution in [2.45, 2.75) is 6.18 Å². The Bertz CT molecular complexity index is 429. The summed E-state index contributed by atoms with van der Waals surface area (Å²) < 4.78 is 41.9. The highest BCUT2D eigenvalue weighted by Gasteiger charge is 2.36. The predicted molar refractivity (Wildman–Crippen MR) is 51.6 cm³/mol. The first kappa shape index (κ1) is 12.2. The van der Waals surface area contributed by atoms with Gasteiger partial charge in [0.1, 0.15) is 0 Å². The summed E-state index contributed by atoms with van der Waals surface area (Å²) in [5.41, 5.74) is 8.42. The lowest BCUT2D eigenvalue weighted by atomic mass is 10.0. The normalized spacial score (nSPS) is 11.2. The maximum Gasteiger partial charge on any atom is 0.417 e. The minimum atomic E-state index is -4.69. The lowest BCUT2D eigenvalue weighted by Gasteiger charge is -2.13. The Labute approximate surface area is 89.0 Å². The van der Waals surface area contributed by atoms with Crippen molar-refractivity contribution < 1.29 is 22.7 Å². The average Bonchev–Trinajstić information content (AvgIpc) is 2.18. The van der Waals surface area contributed by atoms with Gasteiger partial charge in [0.2, 0.25) is 0 Å². The van der Waals surface area contributed by atoms with E-state index in [9.17, 15) is 18.0 Å². The largest absolute Gasteiger partial charge is 0.465 e. The quantitative estimate of drug-likeness (QED) is 0.572. The number of carbonyl (C=O) groups is 1. The van der Waals surface area contributed by atoms with Gasteiger partial charge < -0.3 is 16.2 Å². The van der Waals surface area contributed by atoms with Crippen LogP contribution >= 0.6 is 0 Å². The highest BCUT2D eigenvalue weighted by Crippen LogP contribution is 2.35. The molecule has 1 aromatic rings. The maximum absolute atomic E-state index is 12.6. The minimum Gasteiger partial charge on any atom is -0.465 e. The van der Waals surface area contributed by atoms with Crippen molar-refractivity contribution in [3.8, 4) is 0 Å². The monoisotopic (exact) mass is 234 g/mol. The van der Waals surface area contributed by atoms with Gasteiger partial charge in [-0.2, -0.15) is 13.2 Å². The molecule has 4 nitrogen and oxygen atoms in total. The summed E-state index contributed by atoms with van der Waals surface area (Å²) in [7, 11) is 0.981. The molecule has 0 bridgehead atoms. The van der Waals surface area contributed by atoms with Gasteiger partial charge in [-0.3, -0.25) is 0 Å². The van der Waals surface area contributed by atoms with Crippen LogP contribution in [-0.4, -0.2) is 13.1 Å². The summed E-state index contributed by atoms with van der Waals surface area (Å²) in [5.74, 6) is -1.11. The highest BCUT2D eigenvalue weighted by atomic mass is 19.4. The van der Waals surface area contributed by atoms with E-state index in [1.165, 1.54) is 0 Å². The fourth-order valence-electron chi connectivity index (χ4n) is 1.15. The predicted octanol–water partition coefficient (Wildman–Crippen LogP) is 1.66.